The fraction of sp³-hybridized carbons (Fsp3) is 0.931. The summed E-state index contributed by atoms with van der Waals surface area (Å²) in [5.74, 6) is 12.4. The fourth-order valence-corrected chi connectivity index (χ4v) is 8.28. The molecule has 0 bridgehead atoms. The smallest absolute Gasteiger partial charge is 0.00989 e. The first-order chi connectivity index (χ1) is 29.3. The number of nitrogens with one attached hydrogen (secondary N) is 1. The van der Waals surface area contributed by atoms with Crippen LogP contribution in [0.4, 0.5) is 0 Å². The maximum absolute atomic E-state index is 3.68. The molecule has 0 aromatic heterocycles. The second kappa shape index (κ2) is 61.4. The van der Waals surface area contributed by atoms with Crippen LogP contribution in [0.15, 0.2) is 0 Å². The molecule has 1 N–H and O–H groups in total. The van der Waals surface area contributed by atoms with Gasteiger partial charge in [-0.2, -0.15) is 0 Å². The first-order valence-corrected chi connectivity index (χ1v) is 28.0. The van der Waals surface area contributed by atoms with Gasteiger partial charge in [-0.3, -0.25) is 0 Å². The summed E-state index contributed by atoms with van der Waals surface area (Å²) in [6, 6.07) is 0. The highest BCUT2D eigenvalue weighted by molar-refractivity contribution is 5.25. The molecule has 0 unspecified atom stereocenters. The van der Waals surface area contributed by atoms with Gasteiger partial charge in [-0.25, -0.2) is 0 Å². The van der Waals surface area contributed by atoms with Gasteiger partial charge in [0, 0.05) is 12.8 Å². The lowest BCUT2D eigenvalue weighted by molar-refractivity contribution is 0.515. The summed E-state index contributed by atoms with van der Waals surface area (Å²) in [5, 5.41) is 3.68. The van der Waals surface area contributed by atoms with Gasteiger partial charge in [0.2, 0.25) is 0 Å². The molecule has 350 valence electrons. The Morgan fingerprint density at radius 2 is 0.373 bits per heavy atom. The minimum atomic E-state index is 1.03. The van der Waals surface area contributed by atoms with Crippen LogP contribution >= 0.6 is 0 Å². The van der Waals surface area contributed by atoms with Gasteiger partial charge in [0.25, 0.3) is 0 Å². The van der Waals surface area contributed by atoms with E-state index in [1.807, 2.05) is 0 Å². The molecule has 0 radical (unpaired) electrons. The molecule has 0 saturated heterocycles. The van der Waals surface area contributed by atoms with Crippen LogP contribution in [0.1, 0.15) is 336 Å². The quantitative estimate of drug-likeness (QED) is 0.0476. The van der Waals surface area contributed by atoms with Crippen molar-refractivity contribution in [2.75, 3.05) is 13.1 Å². The van der Waals surface area contributed by atoms with Crippen LogP contribution in [-0.2, 0) is 0 Å². The molecule has 0 atom stereocenters. The van der Waals surface area contributed by atoms with Gasteiger partial charge in [0.1, 0.15) is 0 Å². The number of hydrogen-bond acceptors (Lipinski definition) is 1. The molecule has 59 heavy (non-hydrogen) atoms. The maximum Gasteiger partial charge on any atom is 0.00989 e. The number of unbranched alkanes of at least 4 members (excludes halogenated alkanes) is 44. The Hall–Kier alpha value is -0.920. The SMILES string of the molecule is CCCCCCCCCC#CC#CCCCCCCCCC.CCCCCCCCCCCCCCCCCCNCCCCCCCCCCCCCCCCCC. The van der Waals surface area contributed by atoms with Crippen molar-refractivity contribution in [3.05, 3.63) is 0 Å². The summed E-state index contributed by atoms with van der Waals surface area (Å²) < 4.78 is 0. The molecule has 1 nitrogen and oxygen atoms in total. The molecule has 1 heteroatoms. The Labute approximate surface area is 376 Å². The minimum absolute atomic E-state index is 1.03. The molecule has 0 amide bonds. The van der Waals surface area contributed by atoms with E-state index in [0.717, 1.165) is 12.8 Å². The van der Waals surface area contributed by atoms with E-state index in [-0.39, 0.29) is 0 Å². The van der Waals surface area contributed by atoms with Crippen LogP contribution < -0.4 is 5.32 Å². The van der Waals surface area contributed by atoms with Gasteiger partial charge >= 0.3 is 0 Å². The highest BCUT2D eigenvalue weighted by Gasteiger charge is 1.97. The van der Waals surface area contributed by atoms with Crippen molar-refractivity contribution in [2.45, 2.75) is 336 Å². The zero-order valence-corrected chi connectivity index (χ0v) is 41.9. The van der Waals surface area contributed by atoms with E-state index in [4.69, 9.17) is 0 Å². The maximum atomic E-state index is 3.68. The van der Waals surface area contributed by atoms with Crippen LogP contribution in [0.25, 0.3) is 0 Å². The topological polar surface area (TPSA) is 12.0 Å². The molecule has 0 aliphatic rings. The van der Waals surface area contributed by atoms with Crippen molar-refractivity contribution in [1.29, 1.82) is 0 Å². The summed E-state index contributed by atoms with van der Waals surface area (Å²) in [7, 11) is 0. The van der Waals surface area contributed by atoms with Gasteiger partial charge in [0.15, 0.2) is 0 Å². The van der Waals surface area contributed by atoms with Crippen molar-refractivity contribution >= 4 is 0 Å². The largest absolute Gasteiger partial charge is 0.317 e. The Morgan fingerprint density at radius 1 is 0.203 bits per heavy atom. The van der Waals surface area contributed by atoms with Crippen molar-refractivity contribution in [3.63, 3.8) is 0 Å². The molecule has 0 aliphatic heterocycles. The van der Waals surface area contributed by atoms with Gasteiger partial charge in [-0.1, -0.05) is 309 Å². The zero-order chi connectivity index (χ0) is 42.9. The summed E-state index contributed by atoms with van der Waals surface area (Å²) in [4.78, 5) is 0. The Kier molecular flexibility index (Phi) is 62.6. The lowest BCUT2D eigenvalue weighted by atomic mass is 10.0. The van der Waals surface area contributed by atoms with Crippen molar-refractivity contribution in [1.82, 2.24) is 5.32 Å². The number of rotatable bonds is 48. The first-order valence-electron chi connectivity index (χ1n) is 28.0. The van der Waals surface area contributed by atoms with E-state index in [1.54, 1.807) is 0 Å². The normalized spacial score (nSPS) is 10.8. The van der Waals surface area contributed by atoms with Gasteiger partial charge in [0.05, 0.1) is 0 Å². The second-order valence-corrected chi connectivity index (χ2v) is 18.7. The van der Waals surface area contributed by atoms with Crippen LogP contribution in [0.5, 0.6) is 0 Å². The van der Waals surface area contributed by atoms with Gasteiger partial charge in [-0.15, -0.1) is 0 Å². The van der Waals surface area contributed by atoms with Gasteiger partial charge in [-0.05, 0) is 50.6 Å². The molecule has 0 rings (SSSR count). The predicted octanol–water partition coefficient (Wildman–Crippen LogP) is 20.4. The summed E-state index contributed by atoms with van der Waals surface area (Å²) >= 11 is 0. The standard InChI is InChI=1S/C36H75N.C22H38/c1-3-5-7-9-11-13-15-17-19-21-23-25-27-29-31-33-35-37-36-34-32-30-28-26-24-22-20-18-16-14-12-10-8-6-4-2;1-3-5-7-9-11-13-15-17-19-21-22-20-18-16-14-12-10-8-6-4-2/h37H,3-36H2,1-2H3;3-18H2,1-2H3. The third-order valence-corrected chi connectivity index (χ3v) is 12.5. The Morgan fingerprint density at radius 3 is 0.576 bits per heavy atom. The highest BCUT2D eigenvalue weighted by atomic mass is 14.8. The Balaban J connectivity index is 0. The van der Waals surface area contributed by atoms with E-state index in [2.05, 4.69) is 56.7 Å². The molecule has 0 heterocycles. The molecule has 0 aromatic rings. The van der Waals surface area contributed by atoms with Gasteiger partial charge < -0.3 is 5.32 Å². The first kappa shape index (κ1) is 60.2. The molecule has 0 aliphatic carbocycles. The monoisotopic (exact) mass is 824 g/mol. The third-order valence-electron chi connectivity index (χ3n) is 12.5. The zero-order valence-electron chi connectivity index (χ0n) is 41.9. The van der Waals surface area contributed by atoms with E-state index in [9.17, 15) is 0 Å². The highest BCUT2D eigenvalue weighted by Crippen LogP contribution is 2.16. The van der Waals surface area contributed by atoms with Crippen molar-refractivity contribution in [2.24, 2.45) is 0 Å². The van der Waals surface area contributed by atoms with Crippen LogP contribution in [0.2, 0.25) is 0 Å². The molecular weight excluding hydrogens is 711 g/mol. The lowest BCUT2D eigenvalue weighted by Crippen LogP contribution is -2.16. The summed E-state index contributed by atoms with van der Waals surface area (Å²) in [6.07, 6.45) is 67.8. The fourth-order valence-electron chi connectivity index (χ4n) is 8.28. The average Bonchev–Trinajstić information content (AvgIpc) is 3.25. The van der Waals surface area contributed by atoms with Crippen LogP contribution in [-0.4, -0.2) is 13.1 Å². The van der Waals surface area contributed by atoms with E-state index in [1.165, 1.54) is 308 Å². The van der Waals surface area contributed by atoms with Crippen LogP contribution in [0.3, 0.4) is 0 Å². The molecule has 0 fully saturated rings. The average molecular weight is 825 g/mol. The third kappa shape index (κ3) is 63.8. The minimum Gasteiger partial charge on any atom is -0.317 e. The molecule has 0 saturated carbocycles. The molecule has 0 spiro atoms. The van der Waals surface area contributed by atoms with Crippen molar-refractivity contribution in [3.8, 4) is 23.7 Å². The molecular formula is C58H113N. The van der Waals surface area contributed by atoms with Crippen molar-refractivity contribution < 1.29 is 0 Å². The Bertz CT molecular complexity index is 754. The number of hydrogen-bond donors (Lipinski definition) is 1. The molecule has 0 aromatic carbocycles. The van der Waals surface area contributed by atoms with E-state index >= 15 is 0 Å². The lowest BCUT2D eigenvalue weighted by Gasteiger charge is -2.06. The van der Waals surface area contributed by atoms with E-state index < -0.39 is 0 Å². The van der Waals surface area contributed by atoms with Crippen LogP contribution in [0, 0.1) is 23.7 Å². The van der Waals surface area contributed by atoms with E-state index in [0.29, 0.717) is 0 Å². The summed E-state index contributed by atoms with van der Waals surface area (Å²) in [5.41, 5.74) is 0. The predicted molar refractivity (Wildman–Crippen MR) is 273 cm³/mol. The summed E-state index contributed by atoms with van der Waals surface area (Å²) in [6.45, 7) is 11.6. The second-order valence-electron chi connectivity index (χ2n) is 18.7.